The number of carbonyl (C=O) groups excluding carboxylic acids is 1. The van der Waals surface area contributed by atoms with Gasteiger partial charge in [0.1, 0.15) is 0 Å². The average Bonchev–Trinajstić information content (AvgIpc) is 3.16. The van der Waals surface area contributed by atoms with Crippen molar-refractivity contribution in [2.45, 2.75) is 32.6 Å². The van der Waals surface area contributed by atoms with Crippen LogP contribution in [-0.4, -0.2) is 35.3 Å². The van der Waals surface area contributed by atoms with Crippen molar-refractivity contribution in [3.05, 3.63) is 45.7 Å². The number of aromatic nitrogens is 2. The minimum atomic E-state index is -0.0693. The van der Waals surface area contributed by atoms with Crippen LogP contribution in [0.2, 0.25) is 0 Å². The molecule has 128 valence electrons. The third-order valence-electron chi connectivity index (χ3n) is 4.21. The highest BCUT2D eigenvalue weighted by Crippen LogP contribution is 2.28. The molecule has 1 aliphatic rings. The van der Waals surface area contributed by atoms with E-state index in [-0.39, 0.29) is 5.91 Å². The van der Waals surface area contributed by atoms with Crippen molar-refractivity contribution >= 4 is 21.8 Å². The van der Waals surface area contributed by atoms with Crippen molar-refractivity contribution in [3.8, 4) is 5.69 Å². The molecule has 0 atom stereocenters. The number of amides is 1. The molecule has 1 aromatic carbocycles. The van der Waals surface area contributed by atoms with Crippen molar-refractivity contribution in [2.24, 2.45) is 0 Å². The number of nitrogens with one attached hydrogen (secondary N) is 2. The highest BCUT2D eigenvalue weighted by atomic mass is 79.9. The third kappa shape index (κ3) is 3.70. The largest absolute Gasteiger partial charge is 0.349 e. The first-order valence-electron chi connectivity index (χ1n) is 8.56. The molecule has 0 aliphatic heterocycles. The lowest BCUT2D eigenvalue weighted by Crippen LogP contribution is -2.32. The molecule has 0 saturated carbocycles. The van der Waals surface area contributed by atoms with Crippen LogP contribution in [0, 0.1) is 0 Å². The Labute approximate surface area is 151 Å². The van der Waals surface area contributed by atoms with Gasteiger partial charge in [0.25, 0.3) is 5.91 Å². The Balaban J connectivity index is 1.77. The molecular weight excluding hydrogens is 368 g/mol. The summed E-state index contributed by atoms with van der Waals surface area (Å²) in [5, 5.41) is 10.9. The second-order valence-corrected chi connectivity index (χ2v) is 6.94. The molecule has 2 aromatic rings. The van der Waals surface area contributed by atoms with Crippen LogP contribution >= 0.6 is 15.9 Å². The van der Waals surface area contributed by atoms with Crippen LogP contribution in [0.25, 0.3) is 5.69 Å². The Morgan fingerprint density at radius 2 is 2.17 bits per heavy atom. The van der Waals surface area contributed by atoms with Crippen molar-refractivity contribution in [2.75, 3.05) is 19.6 Å². The summed E-state index contributed by atoms with van der Waals surface area (Å²) in [6.45, 7) is 4.51. The van der Waals surface area contributed by atoms with Gasteiger partial charge >= 0.3 is 0 Å². The zero-order valence-corrected chi connectivity index (χ0v) is 15.5. The number of hydrogen-bond donors (Lipinski definition) is 2. The van der Waals surface area contributed by atoms with E-state index in [2.05, 4.69) is 38.6 Å². The normalized spacial score (nSPS) is 13.1. The summed E-state index contributed by atoms with van der Waals surface area (Å²) < 4.78 is 2.94. The maximum Gasteiger partial charge on any atom is 0.272 e. The van der Waals surface area contributed by atoms with Crippen molar-refractivity contribution < 1.29 is 4.79 Å². The molecule has 0 unspecified atom stereocenters. The molecule has 1 aromatic heterocycles. The van der Waals surface area contributed by atoms with E-state index in [1.807, 2.05) is 28.9 Å². The number of halogens is 1. The highest BCUT2D eigenvalue weighted by molar-refractivity contribution is 9.10. The summed E-state index contributed by atoms with van der Waals surface area (Å²) in [5.74, 6) is -0.0693. The zero-order chi connectivity index (χ0) is 16.9. The van der Waals surface area contributed by atoms with Crippen LogP contribution in [0.5, 0.6) is 0 Å². The van der Waals surface area contributed by atoms with Crippen LogP contribution in [-0.2, 0) is 12.8 Å². The van der Waals surface area contributed by atoms with Gasteiger partial charge in [-0.25, -0.2) is 4.68 Å². The first-order chi connectivity index (χ1) is 11.7. The van der Waals surface area contributed by atoms with Crippen molar-refractivity contribution in [3.63, 3.8) is 0 Å². The van der Waals surface area contributed by atoms with Crippen LogP contribution in [0.4, 0.5) is 0 Å². The van der Waals surface area contributed by atoms with Gasteiger partial charge in [0, 0.05) is 28.8 Å². The summed E-state index contributed by atoms with van der Waals surface area (Å²) in [5.41, 5.74) is 3.85. The Morgan fingerprint density at radius 1 is 1.29 bits per heavy atom. The van der Waals surface area contributed by atoms with Gasteiger partial charge in [-0.2, -0.15) is 5.10 Å². The number of rotatable bonds is 7. The number of benzene rings is 1. The van der Waals surface area contributed by atoms with Crippen LogP contribution in [0.15, 0.2) is 28.7 Å². The van der Waals surface area contributed by atoms with E-state index in [1.54, 1.807) is 0 Å². The molecule has 2 N–H and O–H groups in total. The van der Waals surface area contributed by atoms with E-state index in [9.17, 15) is 4.79 Å². The van der Waals surface area contributed by atoms with E-state index in [0.29, 0.717) is 12.2 Å². The molecule has 24 heavy (non-hydrogen) atoms. The third-order valence-corrected chi connectivity index (χ3v) is 4.71. The van der Waals surface area contributed by atoms with Gasteiger partial charge in [0.2, 0.25) is 0 Å². The van der Waals surface area contributed by atoms with Gasteiger partial charge in [0.05, 0.1) is 5.69 Å². The SMILES string of the molecule is CCCNCCNC(=O)c1nn(-c2cccc(Br)c2)c2c1CCC2. The summed E-state index contributed by atoms with van der Waals surface area (Å²) in [6, 6.07) is 8.03. The fraction of sp³-hybridized carbons (Fsp3) is 0.444. The van der Waals surface area contributed by atoms with E-state index in [4.69, 9.17) is 0 Å². The summed E-state index contributed by atoms with van der Waals surface area (Å²) in [7, 11) is 0. The van der Waals surface area contributed by atoms with E-state index in [1.165, 1.54) is 5.69 Å². The lowest BCUT2D eigenvalue weighted by molar-refractivity contribution is 0.0947. The monoisotopic (exact) mass is 390 g/mol. The summed E-state index contributed by atoms with van der Waals surface area (Å²) in [6.07, 6.45) is 4.08. The molecule has 1 amide bonds. The molecule has 5 nitrogen and oxygen atoms in total. The zero-order valence-electron chi connectivity index (χ0n) is 13.9. The molecule has 3 rings (SSSR count). The predicted molar refractivity (Wildman–Crippen MR) is 98.8 cm³/mol. The predicted octanol–water partition coefficient (Wildman–Crippen LogP) is 2.85. The number of carbonyl (C=O) groups is 1. The molecule has 0 fully saturated rings. The lowest BCUT2D eigenvalue weighted by Gasteiger charge is -2.06. The average molecular weight is 391 g/mol. The molecule has 0 radical (unpaired) electrons. The minimum absolute atomic E-state index is 0.0693. The molecule has 1 aliphatic carbocycles. The molecule has 6 heteroatoms. The highest BCUT2D eigenvalue weighted by Gasteiger charge is 2.26. The Hall–Kier alpha value is -1.66. The second-order valence-electron chi connectivity index (χ2n) is 6.02. The maximum atomic E-state index is 12.5. The Bertz CT molecular complexity index is 726. The van der Waals surface area contributed by atoms with Crippen molar-refractivity contribution in [1.82, 2.24) is 20.4 Å². The fourth-order valence-electron chi connectivity index (χ4n) is 3.09. The molecule has 0 bridgehead atoms. The van der Waals surface area contributed by atoms with E-state index in [0.717, 1.165) is 54.5 Å². The van der Waals surface area contributed by atoms with Gasteiger partial charge in [-0.3, -0.25) is 4.79 Å². The molecule has 1 heterocycles. The number of fused-ring (bicyclic) bond motifs is 1. The Morgan fingerprint density at radius 3 is 2.96 bits per heavy atom. The first kappa shape index (κ1) is 17.2. The van der Waals surface area contributed by atoms with Gasteiger partial charge in [-0.05, 0) is 50.4 Å². The van der Waals surface area contributed by atoms with Gasteiger partial charge in [0.15, 0.2) is 5.69 Å². The van der Waals surface area contributed by atoms with Gasteiger partial charge in [-0.15, -0.1) is 0 Å². The van der Waals surface area contributed by atoms with Crippen LogP contribution in [0.1, 0.15) is 41.5 Å². The first-order valence-corrected chi connectivity index (χ1v) is 9.35. The van der Waals surface area contributed by atoms with Crippen molar-refractivity contribution in [1.29, 1.82) is 0 Å². The van der Waals surface area contributed by atoms with E-state index < -0.39 is 0 Å². The maximum absolute atomic E-state index is 12.5. The van der Waals surface area contributed by atoms with E-state index >= 15 is 0 Å². The van der Waals surface area contributed by atoms with Gasteiger partial charge in [-0.1, -0.05) is 28.9 Å². The standard InChI is InChI=1S/C18H23BrN4O/c1-2-9-20-10-11-21-18(24)17-15-7-4-8-16(15)23(22-17)14-6-3-5-13(19)12-14/h3,5-6,12,20H,2,4,7-11H2,1H3,(H,21,24). The molecule has 0 spiro atoms. The topological polar surface area (TPSA) is 58.9 Å². The van der Waals surface area contributed by atoms with Gasteiger partial charge < -0.3 is 10.6 Å². The fourth-order valence-corrected chi connectivity index (χ4v) is 3.48. The minimum Gasteiger partial charge on any atom is -0.349 e. The molecule has 0 saturated heterocycles. The quantitative estimate of drug-likeness (QED) is 0.714. The second kappa shape index (κ2) is 7.94. The molecular formula is C18H23BrN4O. The summed E-state index contributed by atoms with van der Waals surface area (Å²) >= 11 is 3.50. The van der Waals surface area contributed by atoms with Crippen LogP contribution < -0.4 is 10.6 Å². The number of hydrogen-bond acceptors (Lipinski definition) is 3. The smallest absolute Gasteiger partial charge is 0.272 e. The number of nitrogens with zero attached hydrogens (tertiary/aromatic N) is 2. The summed E-state index contributed by atoms with van der Waals surface area (Å²) in [4.78, 5) is 12.5. The Kier molecular flexibility index (Phi) is 5.68. The lowest BCUT2D eigenvalue weighted by atomic mass is 10.2. The van der Waals surface area contributed by atoms with Crippen LogP contribution in [0.3, 0.4) is 0 Å².